The Labute approximate surface area is 83.6 Å². The Morgan fingerprint density at radius 1 is 1.31 bits per heavy atom. The van der Waals surface area contributed by atoms with E-state index in [0.29, 0.717) is 0 Å². The van der Waals surface area contributed by atoms with Crippen LogP contribution in [-0.4, -0.2) is 35.4 Å². The van der Waals surface area contributed by atoms with Crippen LogP contribution in [-0.2, 0) is 4.74 Å². The third-order valence-corrected chi connectivity index (χ3v) is 2.05. The molecule has 0 saturated heterocycles. The van der Waals surface area contributed by atoms with Crippen molar-refractivity contribution in [3.63, 3.8) is 0 Å². The third kappa shape index (κ3) is 7.37. The van der Waals surface area contributed by atoms with E-state index in [-0.39, 0.29) is 0 Å². The van der Waals surface area contributed by atoms with Gasteiger partial charge in [0, 0.05) is 0 Å². The van der Waals surface area contributed by atoms with Crippen LogP contribution in [0.25, 0.3) is 0 Å². The second-order valence-electron chi connectivity index (χ2n) is 2.29. The summed E-state index contributed by atoms with van der Waals surface area (Å²) in [7, 11) is 0. The SMILES string of the molecule is OCC(Cl)C(Cl)OCCC(F)(F)F. The average Bonchev–Trinajstić information content (AvgIpc) is 2.00. The first-order valence-corrected chi connectivity index (χ1v) is 4.31. The monoisotopic (exact) mass is 240 g/mol. The third-order valence-electron chi connectivity index (χ3n) is 1.12. The van der Waals surface area contributed by atoms with Crippen LogP contribution < -0.4 is 0 Å². The van der Waals surface area contributed by atoms with Gasteiger partial charge in [0.2, 0.25) is 0 Å². The minimum atomic E-state index is -4.27. The van der Waals surface area contributed by atoms with E-state index in [4.69, 9.17) is 28.3 Å². The standard InChI is InChI=1S/C6H9Cl2F3O2/c7-4(3-12)5(8)13-2-1-6(9,10)11/h4-5,12H,1-3H2. The highest BCUT2D eigenvalue weighted by molar-refractivity contribution is 6.29. The first kappa shape index (κ1) is 13.3. The van der Waals surface area contributed by atoms with Gasteiger partial charge in [-0.15, -0.1) is 11.6 Å². The van der Waals surface area contributed by atoms with Crippen molar-refractivity contribution in [1.82, 2.24) is 0 Å². The lowest BCUT2D eigenvalue weighted by Gasteiger charge is -2.15. The Kier molecular flexibility index (Phi) is 6.04. The molecule has 13 heavy (non-hydrogen) atoms. The van der Waals surface area contributed by atoms with Crippen molar-refractivity contribution in [2.24, 2.45) is 0 Å². The summed E-state index contributed by atoms with van der Waals surface area (Å²) in [4.78, 5) is 0. The van der Waals surface area contributed by atoms with Crippen molar-refractivity contribution >= 4 is 23.2 Å². The van der Waals surface area contributed by atoms with Gasteiger partial charge in [0.25, 0.3) is 0 Å². The Balaban J connectivity index is 3.53. The summed E-state index contributed by atoms with van der Waals surface area (Å²) in [5.74, 6) is 0. The lowest BCUT2D eigenvalue weighted by Crippen LogP contribution is -2.24. The maximum Gasteiger partial charge on any atom is 0.391 e. The molecule has 0 heterocycles. The minimum absolute atomic E-state index is 0.443. The fraction of sp³-hybridized carbons (Fsp3) is 1.00. The normalized spacial score (nSPS) is 17.1. The van der Waals surface area contributed by atoms with Gasteiger partial charge < -0.3 is 9.84 Å². The molecular formula is C6H9Cl2F3O2. The maximum absolute atomic E-state index is 11.6. The van der Waals surface area contributed by atoms with E-state index in [9.17, 15) is 13.2 Å². The van der Waals surface area contributed by atoms with Crippen molar-refractivity contribution in [3.05, 3.63) is 0 Å². The molecule has 0 amide bonds. The molecule has 0 bridgehead atoms. The van der Waals surface area contributed by atoms with Crippen LogP contribution in [0.1, 0.15) is 6.42 Å². The Morgan fingerprint density at radius 2 is 1.85 bits per heavy atom. The molecule has 0 saturated carbocycles. The predicted octanol–water partition coefficient (Wildman–Crippen LogP) is 2.12. The highest BCUT2D eigenvalue weighted by atomic mass is 35.5. The summed E-state index contributed by atoms with van der Waals surface area (Å²) in [6.07, 6.45) is -5.34. The largest absolute Gasteiger partial charge is 0.395 e. The Morgan fingerprint density at radius 3 is 2.23 bits per heavy atom. The zero-order valence-corrected chi connectivity index (χ0v) is 8.03. The van der Waals surface area contributed by atoms with Crippen LogP contribution in [0, 0.1) is 0 Å². The maximum atomic E-state index is 11.6. The van der Waals surface area contributed by atoms with E-state index >= 15 is 0 Å². The first-order valence-electron chi connectivity index (χ1n) is 3.44. The summed E-state index contributed by atoms with van der Waals surface area (Å²) in [6.45, 7) is -0.997. The second kappa shape index (κ2) is 5.90. The molecule has 0 aliphatic carbocycles. The van der Waals surface area contributed by atoms with Crippen molar-refractivity contribution in [2.45, 2.75) is 23.5 Å². The molecule has 0 radical (unpaired) electrons. The van der Waals surface area contributed by atoms with Gasteiger partial charge in [0.05, 0.1) is 25.0 Å². The van der Waals surface area contributed by atoms with E-state index in [1.807, 2.05) is 0 Å². The fourth-order valence-electron chi connectivity index (χ4n) is 0.475. The van der Waals surface area contributed by atoms with Crippen molar-refractivity contribution in [2.75, 3.05) is 13.2 Å². The topological polar surface area (TPSA) is 29.5 Å². The molecular weight excluding hydrogens is 232 g/mol. The molecule has 0 spiro atoms. The van der Waals surface area contributed by atoms with Gasteiger partial charge in [-0.3, -0.25) is 0 Å². The summed E-state index contributed by atoms with van der Waals surface area (Å²) in [5, 5.41) is 7.55. The summed E-state index contributed by atoms with van der Waals surface area (Å²) >= 11 is 10.8. The Hall–Kier alpha value is 0.290. The molecule has 2 unspecified atom stereocenters. The number of halogens is 5. The number of ether oxygens (including phenoxy) is 1. The van der Waals surface area contributed by atoms with Crippen LogP contribution in [0.3, 0.4) is 0 Å². The number of aliphatic hydroxyl groups excluding tert-OH is 1. The minimum Gasteiger partial charge on any atom is -0.395 e. The van der Waals surface area contributed by atoms with Crippen LogP contribution in [0.15, 0.2) is 0 Å². The van der Waals surface area contributed by atoms with Gasteiger partial charge in [-0.25, -0.2) is 0 Å². The molecule has 80 valence electrons. The zero-order valence-electron chi connectivity index (χ0n) is 6.52. The summed E-state index contributed by atoms with van der Waals surface area (Å²) < 4.78 is 39.3. The zero-order chi connectivity index (χ0) is 10.5. The highest BCUT2D eigenvalue weighted by Gasteiger charge is 2.27. The van der Waals surface area contributed by atoms with Gasteiger partial charge in [0.15, 0.2) is 0 Å². The highest BCUT2D eigenvalue weighted by Crippen LogP contribution is 2.20. The second-order valence-corrected chi connectivity index (χ2v) is 3.28. The molecule has 0 aliphatic heterocycles. The number of hydrogen-bond donors (Lipinski definition) is 1. The smallest absolute Gasteiger partial charge is 0.391 e. The first-order chi connectivity index (χ1) is 5.87. The molecule has 0 aromatic rings. The molecule has 7 heteroatoms. The van der Waals surface area contributed by atoms with Crippen molar-refractivity contribution < 1.29 is 23.0 Å². The van der Waals surface area contributed by atoms with E-state index < -0.39 is 36.8 Å². The fourth-order valence-corrected chi connectivity index (χ4v) is 0.716. The van der Waals surface area contributed by atoms with Crippen LogP contribution in [0.5, 0.6) is 0 Å². The van der Waals surface area contributed by atoms with E-state index in [0.717, 1.165) is 0 Å². The summed E-state index contributed by atoms with van der Waals surface area (Å²) in [5.41, 5.74) is -1.10. The molecule has 0 aromatic carbocycles. The molecule has 0 aromatic heterocycles. The number of hydrogen-bond acceptors (Lipinski definition) is 2. The van der Waals surface area contributed by atoms with Crippen LogP contribution in [0.4, 0.5) is 13.2 Å². The van der Waals surface area contributed by atoms with Gasteiger partial charge >= 0.3 is 6.18 Å². The summed E-state index contributed by atoms with van der Waals surface area (Å²) in [6, 6.07) is 0. The molecule has 0 aliphatic rings. The molecule has 2 nitrogen and oxygen atoms in total. The molecule has 0 fully saturated rings. The molecule has 0 rings (SSSR count). The van der Waals surface area contributed by atoms with Crippen LogP contribution in [0.2, 0.25) is 0 Å². The molecule has 1 N–H and O–H groups in total. The van der Waals surface area contributed by atoms with Gasteiger partial charge in [-0.2, -0.15) is 13.2 Å². The number of alkyl halides is 5. The van der Waals surface area contributed by atoms with E-state index in [1.54, 1.807) is 0 Å². The van der Waals surface area contributed by atoms with Gasteiger partial charge in [0.1, 0.15) is 5.56 Å². The van der Waals surface area contributed by atoms with Crippen molar-refractivity contribution in [1.29, 1.82) is 0 Å². The van der Waals surface area contributed by atoms with Gasteiger partial charge in [-0.05, 0) is 0 Å². The predicted molar refractivity (Wildman–Crippen MR) is 43.0 cm³/mol. The number of aliphatic hydroxyl groups is 1. The van der Waals surface area contributed by atoms with Gasteiger partial charge in [-0.1, -0.05) is 11.6 Å². The number of rotatable bonds is 5. The van der Waals surface area contributed by atoms with Crippen molar-refractivity contribution in [3.8, 4) is 0 Å². The van der Waals surface area contributed by atoms with E-state index in [2.05, 4.69) is 4.74 Å². The van der Waals surface area contributed by atoms with Crippen LogP contribution >= 0.6 is 23.2 Å². The van der Waals surface area contributed by atoms with E-state index in [1.165, 1.54) is 0 Å². The Bertz CT molecular complexity index is 142. The molecule has 2 atom stereocenters. The lowest BCUT2D eigenvalue weighted by molar-refractivity contribution is -0.146. The lowest BCUT2D eigenvalue weighted by atomic mass is 10.4. The quantitative estimate of drug-likeness (QED) is 0.747. The average molecular weight is 241 g/mol.